The molecule has 0 amide bonds. The molecule has 2 aromatic carbocycles. The van der Waals surface area contributed by atoms with Gasteiger partial charge in [-0.05, 0) is 42.0 Å². The fraction of sp³-hybridized carbons (Fsp3) is 0.143. The van der Waals surface area contributed by atoms with Gasteiger partial charge in [-0.2, -0.15) is 0 Å². The average Bonchev–Trinajstić information content (AvgIpc) is 2.36. The zero-order valence-corrected chi connectivity index (χ0v) is 9.91. The lowest BCUT2D eigenvalue weighted by molar-refractivity contribution is 0.177. The molecule has 5 heteroatoms. The first-order chi connectivity index (χ1) is 8.97. The molecule has 0 aromatic heterocycles. The van der Waals surface area contributed by atoms with Crippen LogP contribution in [0.15, 0.2) is 36.4 Å². The minimum absolute atomic E-state index is 0.0103. The van der Waals surface area contributed by atoms with E-state index in [-0.39, 0.29) is 23.2 Å². The van der Waals surface area contributed by atoms with Crippen molar-refractivity contribution in [3.8, 4) is 0 Å². The van der Waals surface area contributed by atoms with Crippen molar-refractivity contribution in [3.05, 3.63) is 65.0 Å². The number of nitrogen functional groups attached to an aromatic ring is 1. The van der Waals surface area contributed by atoms with Gasteiger partial charge in [0.05, 0.1) is 6.10 Å². The van der Waals surface area contributed by atoms with Crippen LogP contribution in [0.1, 0.15) is 17.2 Å². The second-order valence-corrected chi connectivity index (χ2v) is 4.23. The third-order valence-corrected chi connectivity index (χ3v) is 2.83. The molecule has 2 nitrogen and oxygen atoms in total. The van der Waals surface area contributed by atoms with Crippen molar-refractivity contribution in [2.24, 2.45) is 0 Å². The Morgan fingerprint density at radius 1 is 1.00 bits per heavy atom. The number of hydrogen-bond donors (Lipinski definition) is 2. The first-order valence-corrected chi connectivity index (χ1v) is 5.64. The molecule has 0 spiro atoms. The van der Waals surface area contributed by atoms with Gasteiger partial charge in [-0.15, -0.1) is 0 Å². The average molecular weight is 267 g/mol. The van der Waals surface area contributed by atoms with Crippen LogP contribution >= 0.6 is 0 Å². The highest BCUT2D eigenvalue weighted by Gasteiger charge is 2.15. The van der Waals surface area contributed by atoms with Crippen molar-refractivity contribution in [3.63, 3.8) is 0 Å². The van der Waals surface area contributed by atoms with E-state index < -0.39 is 23.6 Å². The Morgan fingerprint density at radius 2 is 1.63 bits per heavy atom. The molecule has 0 fully saturated rings. The second kappa shape index (κ2) is 5.32. The number of rotatable bonds is 3. The van der Waals surface area contributed by atoms with Gasteiger partial charge < -0.3 is 10.8 Å². The maximum absolute atomic E-state index is 13.4. The molecule has 0 radical (unpaired) electrons. The van der Waals surface area contributed by atoms with Crippen LogP contribution in [0, 0.1) is 17.5 Å². The Bertz CT molecular complexity index is 601. The fourth-order valence-corrected chi connectivity index (χ4v) is 1.85. The first kappa shape index (κ1) is 13.4. The van der Waals surface area contributed by atoms with E-state index >= 15 is 0 Å². The van der Waals surface area contributed by atoms with Crippen LogP contribution in [-0.2, 0) is 6.42 Å². The second-order valence-electron chi connectivity index (χ2n) is 4.23. The quantitative estimate of drug-likeness (QED) is 0.840. The molecule has 0 bridgehead atoms. The normalized spacial score (nSPS) is 12.4. The van der Waals surface area contributed by atoms with Gasteiger partial charge in [0.15, 0.2) is 0 Å². The number of halogens is 3. The largest absolute Gasteiger partial charge is 0.398 e. The molecular weight excluding hydrogens is 255 g/mol. The highest BCUT2D eigenvalue weighted by atomic mass is 19.1. The van der Waals surface area contributed by atoms with Gasteiger partial charge in [0.1, 0.15) is 17.5 Å². The summed E-state index contributed by atoms with van der Waals surface area (Å²) in [6.07, 6.45) is -1.39. The van der Waals surface area contributed by atoms with Crippen molar-refractivity contribution in [1.82, 2.24) is 0 Å². The molecule has 2 rings (SSSR count). The smallest absolute Gasteiger partial charge is 0.126 e. The van der Waals surface area contributed by atoms with Gasteiger partial charge in [0.25, 0.3) is 0 Å². The Hall–Kier alpha value is -2.01. The van der Waals surface area contributed by atoms with Crippen LogP contribution in [0.5, 0.6) is 0 Å². The monoisotopic (exact) mass is 267 g/mol. The molecule has 1 atom stereocenters. The summed E-state index contributed by atoms with van der Waals surface area (Å²) in [6.45, 7) is 0. The predicted octanol–water partition coefficient (Wildman–Crippen LogP) is 2.96. The van der Waals surface area contributed by atoms with E-state index in [9.17, 15) is 18.3 Å². The molecule has 0 saturated heterocycles. The lowest BCUT2D eigenvalue weighted by atomic mass is 9.99. The maximum Gasteiger partial charge on any atom is 0.126 e. The summed E-state index contributed by atoms with van der Waals surface area (Å²) in [7, 11) is 0. The van der Waals surface area contributed by atoms with E-state index in [1.807, 2.05) is 0 Å². The van der Waals surface area contributed by atoms with Crippen LogP contribution < -0.4 is 5.73 Å². The molecule has 0 aliphatic rings. The van der Waals surface area contributed by atoms with E-state index in [0.717, 1.165) is 30.3 Å². The molecule has 0 aliphatic heterocycles. The molecule has 100 valence electrons. The molecule has 1 unspecified atom stereocenters. The molecule has 0 heterocycles. The standard InChI is InChI=1S/C14H12F3NO/c15-9-1-3-12(17)8(5-9)6-14(19)11-7-10(16)2-4-13(11)18/h1-5,7,14,19H,6,18H2. The van der Waals surface area contributed by atoms with Crippen LogP contribution in [0.3, 0.4) is 0 Å². The summed E-state index contributed by atoms with van der Waals surface area (Å²) in [5.41, 5.74) is 5.98. The van der Waals surface area contributed by atoms with E-state index in [1.165, 1.54) is 6.07 Å². The Morgan fingerprint density at radius 3 is 2.37 bits per heavy atom. The number of hydrogen-bond acceptors (Lipinski definition) is 2. The van der Waals surface area contributed by atoms with Crippen LogP contribution in [0.4, 0.5) is 18.9 Å². The minimum atomic E-state index is -1.20. The highest BCUT2D eigenvalue weighted by Crippen LogP contribution is 2.25. The van der Waals surface area contributed by atoms with Gasteiger partial charge in [0, 0.05) is 17.7 Å². The van der Waals surface area contributed by atoms with E-state index in [1.54, 1.807) is 0 Å². The summed E-state index contributed by atoms with van der Waals surface area (Å²) in [4.78, 5) is 0. The SMILES string of the molecule is Nc1ccc(F)cc1C(O)Cc1cc(F)ccc1F. The maximum atomic E-state index is 13.4. The molecule has 0 saturated carbocycles. The Labute approximate surface area is 108 Å². The molecule has 2 aromatic rings. The predicted molar refractivity (Wildman–Crippen MR) is 65.8 cm³/mol. The van der Waals surface area contributed by atoms with Gasteiger partial charge >= 0.3 is 0 Å². The lowest BCUT2D eigenvalue weighted by Gasteiger charge is -2.14. The first-order valence-electron chi connectivity index (χ1n) is 5.64. The van der Waals surface area contributed by atoms with E-state index in [0.29, 0.717) is 0 Å². The Balaban J connectivity index is 2.27. The van der Waals surface area contributed by atoms with Crippen molar-refractivity contribution < 1.29 is 18.3 Å². The summed E-state index contributed by atoms with van der Waals surface area (Å²) < 4.78 is 39.5. The van der Waals surface area contributed by atoms with Crippen molar-refractivity contribution in [2.75, 3.05) is 5.73 Å². The molecule has 0 aliphatic carbocycles. The lowest BCUT2D eigenvalue weighted by Crippen LogP contribution is -2.07. The summed E-state index contributed by atoms with van der Waals surface area (Å²) in [5.74, 6) is -1.78. The summed E-state index contributed by atoms with van der Waals surface area (Å²) in [6, 6.07) is 6.52. The van der Waals surface area contributed by atoms with Gasteiger partial charge in [0.2, 0.25) is 0 Å². The van der Waals surface area contributed by atoms with E-state index in [4.69, 9.17) is 5.73 Å². The molecule has 3 N–H and O–H groups in total. The fourth-order valence-electron chi connectivity index (χ4n) is 1.85. The number of nitrogens with two attached hydrogens (primary N) is 1. The zero-order chi connectivity index (χ0) is 14.0. The van der Waals surface area contributed by atoms with Gasteiger partial charge in [-0.25, -0.2) is 13.2 Å². The van der Waals surface area contributed by atoms with Crippen molar-refractivity contribution in [1.29, 1.82) is 0 Å². The minimum Gasteiger partial charge on any atom is -0.398 e. The van der Waals surface area contributed by atoms with Crippen molar-refractivity contribution in [2.45, 2.75) is 12.5 Å². The molecule has 19 heavy (non-hydrogen) atoms. The van der Waals surface area contributed by atoms with Crippen LogP contribution in [0.25, 0.3) is 0 Å². The number of anilines is 1. The third-order valence-electron chi connectivity index (χ3n) is 2.83. The highest BCUT2D eigenvalue weighted by molar-refractivity contribution is 5.48. The van der Waals surface area contributed by atoms with Gasteiger partial charge in [-0.3, -0.25) is 0 Å². The summed E-state index contributed by atoms with van der Waals surface area (Å²) >= 11 is 0. The van der Waals surface area contributed by atoms with Crippen LogP contribution in [-0.4, -0.2) is 5.11 Å². The van der Waals surface area contributed by atoms with Gasteiger partial charge in [-0.1, -0.05) is 0 Å². The summed E-state index contributed by atoms with van der Waals surface area (Å²) in [5, 5.41) is 9.96. The number of aliphatic hydroxyl groups is 1. The third kappa shape index (κ3) is 3.06. The van der Waals surface area contributed by atoms with Crippen molar-refractivity contribution >= 4 is 5.69 Å². The topological polar surface area (TPSA) is 46.2 Å². The number of benzene rings is 2. The molecular formula is C14H12F3NO. The van der Waals surface area contributed by atoms with Crippen LogP contribution in [0.2, 0.25) is 0 Å². The van der Waals surface area contributed by atoms with E-state index in [2.05, 4.69) is 0 Å². The Kier molecular flexibility index (Phi) is 3.76. The zero-order valence-electron chi connectivity index (χ0n) is 9.91. The number of aliphatic hydroxyl groups excluding tert-OH is 1.